The number of amides is 1. The van der Waals surface area contributed by atoms with Crippen LogP contribution in [-0.4, -0.2) is 39.6 Å². The predicted octanol–water partition coefficient (Wildman–Crippen LogP) is 2.91. The van der Waals surface area contributed by atoms with Crippen LogP contribution in [0, 0.1) is 12.8 Å². The molecule has 0 aromatic carbocycles. The van der Waals surface area contributed by atoms with E-state index in [2.05, 4.69) is 14.9 Å². The summed E-state index contributed by atoms with van der Waals surface area (Å²) < 4.78 is 0. The second kappa shape index (κ2) is 7.72. The fourth-order valence-electron chi connectivity index (χ4n) is 4.29. The molecule has 1 amide bonds. The molecule has 0 spiro atoms. The maximum absolute atomic E-state index is 12.8. The van der Waals surface area contributed by atoms with Crippen molar-refractivity contribution in [2.45, 2.75) is 69.5 Å². The van der Waals surface area contributed by atoms with Gasteiger partial charge in [0.05, 0.1) is 0 Å². The van der Waals surface area contributed by atoms with Crippen LogP contribution < -0.4 is 5.56 Å². The Bertz CT molecular complexity index is 656. The third kappa shape index (κ3) is 3.68. The highest BCUT2D eigenvalue weighted by Gasteiger charge is 2.35. The Balaban J connectivity index is 1.66. The third-order valence-electron chi connectivity index (χ3n) is 5.55. The number of rotatable bonds is 4. The Kier molecular flexibility index (Phi) is 5.64. The minimum atomic E-state index is -0.103. The number of hydrogen-bond donors (Lipinski definition) is 1. The summed E-state index contributed by atoms with van der Waals surface area (Å²) in [6.45, 7) is 2.74. The summed E-state index contributed by atoms with van der Waals surface area (Å²) in [6, 6.07) is 0.441. The Labute approximate surface area is 147 Å². The summed E-state index contributed by atoms with van der Waals surface area (Å²) in [5, 5.41) is 0.633. The van der Waals surface area contributed by atoms with Gasteiger partial charge in [0.15, 0.2) is 5.16 Å². The van der Waals surface area contributed by atoms with E-state index < -0.39 is 0 Å². The number of nitrogens with one attached hydrogen (secondary N) is 1. The van der Waals surface area contributed by atoms with Gasteiger partial charge in [0.2, 0.25) is 5.91 Å². The summed E-state index contributed by atoms with van der Waals surface area (Å²) in [4.78, 5) is 34.3. The van der Waals surface area contributed by atoms with Crippen LogP contribution in [0.4, 0.5) is 0 Å². The number of likely N-dealkylation sites (tertiary alicyclic amines) is 1. The van der Waals surface area contributed by atoms with E-state index in [9.17, 15) is 9.59 Å². The maximum Gasteiger partial charge on any atom is 0.254 e. The molecule has 1 aromatic rings. The van der Waals surface area contributed by atoms with Gasteiger partial charge in [0.25, 0.3) is 5.56 Å². The van der Waals surface area contributed by atoms with E-state index in [1.54, 1.807) is 0 Å². The number of H-pyrrole nitrogens is 1. The average Bonchev–Trinajstić information content (AvgIpc) is 2.60. The predicted molar refractivity (Wildman–Crippen MR) is 96.4 cm³/mol. The van der Waals surface area contributed by atoms with Crippen molar-refractivity contribution in [3.8, 4) is 0 Å². The van der Waals surface area contributed by atoms with E-state index >= 15 is 0 Å². The number of thioether (sulfide) groups is 1. The van der Waals surface area contributed by atoms with Gasteiger partial charge in [0.1, 0.15) is 0 Å². The zero-order valence-electron chi connectivity index (χ0n) is 14.6. The molecular formula is C18H27N3O2S. The number of aryl methyl sites for hydroxylation is 1. The van der Waals surface area contributed by atoms with Gasteiger partial charge in [-0.3, -0.25) is 9.59 Å². The molecule has 1 aliphatic heterocycles. The van der Waals surface area contributed by atoms with Crippen molar-refractivity contribution in [1.29, 1.82) is 0 Å². The highest BCUT2D eigenvalue weighted by molar-refractivity contribution is 7.98. The van der Waals surface area contributed by atoms with Crippen molar-refractivity contribution in [1.82, 2.24) is 14.9 Å². The lowest BCUT2D eigenvalue weighted by Gasteiger charge is -2.44. The first-order chi connectivity index (χ1) is 11.6. The minimum Gasteiger partial charge on any atom is -0.339 e. The Morgan fingerprint density at radius 1 is 1.29 bits per heavy atom. The fourth-order valence-corrected chi connectivity index (χ4v) is 4.71. The Hall–Kier alpha value is -1.30. The first-order valence-corrected chi connectivity index (χ1v) is 10.3. The van der Waals surface area contributed by atoms with Crippen LogP contribution in [0.15, 0.2) is 9.95 Å². The molecule has 2 atom stereocenters. The van der Waals surface area contributed by atoms with Gasteiger partial charge in [-0.2, -0.15) is 0 Å². The summed E-state index contributed by atoms with van der Waals surface area (Å²) in [7, 11) is 0. The second-order valence-corrected chi connectivity index (χ2v) is 7.78. The molecule has 1 aromatic heterocycles. The Morgan fingerprint density at radius 3 is 2.79 bits per heavy atom. The van der Waals surface area contributed by atoms with E-state index in [0.717, 1.165) is 25.1 Å². The molecule has 1 saturated heterocycles. The lowest BCUT2D eigenvalue weighted by Crippen LogP contribution is -2.49. The monoisotopic (exact) mass is 349 g/mol. The largest absolute Gasteiger partial charge is 0.339 e. The number of carbonyl (C=O) groups is 1. The number of piperidine rings is 1. The molecule has 2 aliphatic rings. The lowest BCUT2D eigenvalue weighted by atomic mass is 9.78. The quantitative estimate of drug-likeness (QED) is 0.670. The van der Waals surface area contributed by atoms with E-state index in [0.29, 0.717) is 35.5 Å². The molecule has 2 fully saturated rings. The molecule has 132 valence electrons. The smallest absolute Gasteiger partial charge is 0.254 e. The number of aromatic amines is 1. The van der Waals surface area contributed by atoms with Crippen molar-refractivity contribution in [3.63, 3.8) is 0 Å². The molecule has 0 radical (unpaired) electrons. The number of nitrogens with zero attached hydrogens (tertiary/aromatic N) is 2. The van der Waals surface area contributed by atoms with Crippen molar-refractivity contribution < 1.29 is 4.79 Å². The molecule has 24 heavy (non-hydrogen) atoms. The van der Waals surface area contributed by atoms with Crippen LogP contribution in [-0.2, 0) is 11.2 Å². The molecule has 0 bridgehead atoms. The van der Waals surface area contributed by atoms with Crippen LogP contribution in [0.5, 0.6) is 0 Å². The van der Waals surface area contributed by atoms with Gasteiger partial charge < -0.3 is 9.88 Å². The maximum atomic E-state index is 12.8. The number of fused-ring (bicyclic) bond motifs is 1. The van der Waals surface area contributed by atoms with Gasteiger partial charge in [-0.15, -0.1) is 0 Å². The van der Waals surface area contributed by atoms with Gasteiger partial charge >= 0.3 is 0 Å². The van der Waals surface area contributed by atoms with Crippen molar-refractivity contribution >= 4 is 17.7 Å². The molecule has 1 saturated carbocycles. The number of aromatic nitrogens is 2. The number of hydrogen-bond acceptors (Lipinski definition) is 4. The van der Waals surface area contributed by atoms with Gasteiger partial charge in [0, 0.05) is 30.3 Å². The standard InChI is InChI=1S/C18H27N3O2S/c1-12-14(17(23)20-18(19-12)24-2)9-10-16(22)21-11-5-7-13-6-3-4-8-15(13)21/h13,15H,3-11H2,1-2H3,(H,19,20,23). The topological polar surface area (TPSA) is 66.1 Å². The van der Waals surface area contributed by atoms with Crippen LogP contribution in [0.25, 0.3) is 0 Å². The molecule has 2 heterocycles. The molecular weight excluding hydrogens is 322 g/mol. The zero-order chi connectivity index (χ0) is 17.1. The average molecular weight is 350 g/mol. The summed E-state index contributed by atoms with van der Waals surface area (Å²) >= 11 is 1.42. The van der Waals surface area contributed by atoms with Gasteiger partial charge in [-0.1, -0.05) is 24.6 Å². The van der Waals surface area contributed by atoms with E-state index in [1.165, 1.54) is 37.4 Å². The van der Waals surface area contributed by atoms with Crippen molar-refractivity contribution in [2.75, 3.05) is 12.8 Å². The third-order valence-corrected chi connectivity index (χ3v) is 6.13. The normalized spacial score (nSPS) is 23.8. The van der Waals surface area contributed by atoms with Crippen molar-refractivity contribution in [3.05, 3.63) is 21.6 Å². The van der Waals surface area contributed by atoms with Crippen molar-refractivity contribution in [2.24, 2.45) is 5.92 Å². The SMILES string of the molecule is CSc1nc(C)c(CCC(=O)N2CCCC3CCCCC32)c(=O)[nH]1. The molecule has 1 N–H and O–H groups in total. The fraction of sp³-hybridized carbons (Fsp3) is 0.722. The van der Waals surface area contributed by atoms with Gasteiger partial charge in [-0.05, 0) is 51.2 Å². The second-order valence-electron chi connectivity index (χ2n) is 6.98. The highest BCUT2D eigenvalue weighted by Crippen LogP contribution is 2.35. The van der Waals surface area contributed by atoms with Gasteiger partial charge in [-0.25, -0.2) is 4.98 Å². The Morgan fingerprint density at radius 2 is 2.04 bits per heavy atom. The van der Waals surface area contributed by atoms with Crippen LogP contribution in [0.1, 0.15) is 56.2 Å². The molecule has 1 aliphatic carbocycles. The summed E-state index contributed by atoms with van der Waals surface area (Å²) in [5.41, 5.74) is 1.29. The van der Waals surface area contributed by atoms with Crippen LogP contribution >= 0.6 is 11.8 Å². The number of carbonyl (C=O) groups excluding carboxylic acids is 1. The van der Waals surface area contributed by atoms with Crippen LogP contribution in [0.3, 0.4) is 0 Å². The molecule has 5 nitrogen and oxygen atoms in total. The molecule has 3 rings (SSSR count). The van der Waals surface area contributed by atoms with E-state index in [1.807, 2.05) is 13.2 Å². The minimum absolute atomic E-state index is 0.103. The summed E-state index contributed by atoms with van der Waals surface area (Å²) in [6.07, 6.45) is 10.1. The zero-order valence-corrected chi connectivity index (χ0v) is 15.5. The molecule has 2 unspecified atom stereocenters. The molecule has 6 heteroatoms. The van der Waals surface area contributed by atoms with E-state index in [4.69, 9.17) is 0 Å². The first kappa shape index (κ1) is 17.5. The highest BCUT2D eigenvalue weighted by atomic mass is 32.2. The summed E-state index contributed by atoms with van der Waals surface area (Å²) in [5.74, 6) is 0.906. The first-order valence-electron chi connectivity index (χ1n) is 9.03. The van der Waals surface area contributed by atoms with E-state index in [-0.39, 0.29) is 11.5 Å². The lowest BCUT2D eigenvalue weighted by molar-refractivity contribution is -0.137. The van der Waals surface area contributed by atoms with Crippen LogP contribution in [0.2, 0.25) is 0 Å².